The molecular formula is C9H15N2O2Y-. The summed E-state index contributed by atoms with van der Waals surface area (Å²) >= 11 is 0. The van der Waals surface area contributed by atoms with Gasteiger partial charge in [0.25, 0.3) is 0 Å². The second kappa shape index (κ2) is 6.16. The van der Waals surface area contributed by atoms with Gasteiger partial charge in [-0.3, -0.25) is 4.79 Å². The van der Waals surface area contributed by atoms with E-state index in [-0.39, 0.29) is 45.2 Å². The zero-order chi connectivity index (χ0) is 9.10. The molecule has 0 N–H and O–H groups in total. The number of carbonyl (C=O) groups is 1. The van der Waals surface area contributed by atoms with Crippen molar-refractivity contribution in [1.29, 1.82) is 0 Å². The summed E-state index contributed by atoms with van der Waals surface area (Å²) in [5, 5.41) is 4.28. The first-order chi connectivity index (χ1) is 6.38. The van der Waals surface area contributed by atoms with Gasteiger partial charge in [-0.05, 0) is 0 Å². The minimum absolute atomic E-state index is 0. The van der Waals surface area contributed by atoms with Crippen molar-refractivity contribution in [3.63, 3.8) is 0 Å². The zero-order valence-corrected chi connectivity index (χ0v) is 11.2. The van der Waals surface area contributed by atoms with Crippen LogP contribution < -0.4 is 0 Å². The van der Waals surface area contributed by atoms with Crippen LogP contribution in [0.4, 0.5) is 0 Å². The molecule has 1 amide bonds. The molecule has 5 heteroatoms. The van der Waals surface area contributed by atoms with E-state index in [1.54, 1.807) is 0 Å². The molecule has 14 heavy (non-hydrogen) atoms. The van der Waals surface area contributed by atoms with Crippen LogP contribution in [0.15, 0.2) is 0 Å². The van der Waals surface area contributed by atoms with E-state index in [0.29, 0.717) is 12.6 Å². The standard InChI is InChI=1S/C9H15N2O2.Y/c12-9-7-13-6-5-11(9)8-1-3-10-4-2-8;/h8H,1-7H2;/q-1;. The molecule has 0 aromatic rings. The summed E-state index contributed by atoms with van der Waals surface area (Å²) in [5.41, 5.74) is 0. The largest absolute Gasteiger partial charge is 0.662 e. The Kier molecular flexibility index (Phi) is 5.53. The van der Waals surface area contributed by atoms with Crippen molar-refractivity contribution in [3.8, 4) is 0 Å². The third-order valence-corrected chi connectivity index (χ3v) is 2.70. The predicted molar refractivity (Wildman–Crippen MR) is 48.6 cm³/mol. The molecule has 0 aliphatic carbocycles. The number of hydrogen-bond donors (Lipinski definition) is 0. The van der Waals surface area contributed by atoms with Crippen molar-refractivity contribution in [3.05, 3.63) is 5.32 Å². The molecule has 0 atom stereocenters. The van der Waals surface area contributed by atoms with Crippen molar-refractivity contribution in [1.82, 2.24) is 4.90 Å². The number of ether oxygens (including phenoxy) is 1. The second-order valence-electron chi connectivity index (χ2n) is 3.54. The molecule has 0 bridgehead atoms. The maximum Gasteiger partial charge on any atom is 0.248 e. The molecule has 0 saturated carbocycles. The van der Waals surface area contributed by atoms with Crippen molar-refractivity contribution in [2.75, 3.05) is 32.8 Å². The fraction of sp³-hybridized carbons (Fsp3) is 0.889. The van der Waals surface area contributed by atoms with Crippen molar-refractivity contribution in [2.24, 2.45) is 0 Å². The second-order valence-corrected chi connectivity index (χ2v) is 3.54. The number of nitrogens with zero attached hydrogens (tertiary/aromatic N) is 2. The van der Waals surface area contributed by atoms with Gasteiger partial charge >= 0.3 is 0 Å². The van der Waals surface area contributed by atoms with E-state index in [1.165, 1.54) is 0 Å². The van der Waals surface area contributed by atoms with E-state index < -0.39 is 0 Å². The number of amides is 1. The first-order valence-corrected chi connectivity index (χ1v) is 4.88. The Hall–Kier alpha value is 0.494. The molecule has 0 aromatic heterocycles. The molecule has 1 radical (unpaired) electrons. The molecule has 2 fully saturated rings. The zero-order valence-electron chi connectivity index (χ0n) is 8.32. The third-order valence-electron chi connectivity index (χ3n) is 2.70. The summed E-state index contributed by atoms with van der Waals surface area (Å²) in [6.07, 6.45) is 2.07. The Balaban J connectivity index is 0.000000980. The van der Waals surface area contributed by atoms with E-state index in [4.69, 9.17) is 4.74 Å². The normalized spacial score (nSPS) is 24.6. The van der Waals surface area contributed by atoms with Crippen LogP contribution in [0, 0.1) is 0 Å². The van der Waals surface area contributed by atoms with Gasteiger partial charge in [0.05, 0.1) is 6.61 Å². The van der Waals surface area contributed by atoms with Crippen LogP contribution in [0.1, 0.15) is 12.8 Å². The Bertz CT molecular complexity index is 195. The minimum atomic E-state index is 0. The summed E-state index contributed by atoms with van der Waals surface area (Å²) in [5.74, 6) is 0.151. The van der Waals surface area contributed by atoms with Gasteiger partial charge in [0.15, 0.2) is 0 Å². The monoisotopic (exact) mass is 272 g/mol. The van der Waals surface area contributed by atoms with Crippen LogP contribution in [-0.4, -0.2) is 49.7 Å². The van der Waals surface area contributed by atoms with Crippen LogP contribution >= 0.6 is 0 Å². The topological polar surface area (TPSA) is 43.6 Å². The van der Waals surface area contributed by atoms with Gasteiger partial charge in [-0.25, -0.2) is 0 Å². The quantitative estimate of drug-likeness (QED) is 0.692. The van der Waals surface area contributed by atoms with Gasteiger partial charge in [-0.1, -0.05) is 12.8 Å². The van der Waals surface area contributed by atoms with E-state index in [9.17, 15) is 4.79 Å². The minimum Gasteiger partial charge on any atom is -0.662 e. The molecule has 0 spiro atoms. The maximum atomic E-state index is 11.5. The summed E-state index contributed by atoms with van der Waals surface area (Å²) < 4.78 is 5.09. The summed E-state index contributed by atoms with van der Waals surface area (Å²) in [4.78, 5) is 13.4. The van der Waals surface area contributed by atoms with Crippen LogP contribution in [-0.2, 0) is 42.2 Å². The molecule has 2 aliphatic heterocycles. The molecule has 0 aromatic carbocycles. The van der Waals surface area contributed by atoms with Crippen molar-refractivity contribution >= 4 is 5.91 Å². The number of piperidine rings is 1. The van der Waals surface area contributed by atoms with Gasteiger partial charge in [0.2, 0.25) is 5.91 Å². The number of rotatable bonds is 1. The molecule has 2 saturated heterocycles. The van der Waals surface area contributed by atoms with E-state index in [2.05, 4.69) is 5.32 Å². The van der Waals surface area contributed by atoms with E-state index in [0.717, 1.165) is 32.5 Å². The molecule has 2 rings (SSSR count). The number of hydrogen-bond acceptors (Lipinski definition) is 2. The first-order valence-electron chi connectivity index (χ1n) is 4.88. The molecule has 2 heterocycles. The fourth-order valence-electron chi connectivity index (χ4n) is 1.96. The summed E-state index contributed by atoms with van der Waals surface area (Å²) in [6, 6.07) is 0.425. The van der Waals surface area contributed by atoms with Crippen molar-refractivity contribution < 1.29 is 42.2 Å². The summed E-state index contributed by atoms with van der Waals surface area (Å²) in [6.45, 7) is 3.56. The van der Waals surface area contributed by atoms with Gasteiger partial charge in [-0.2, -0.15) is 0 Å². The Morgan fingerprint density at radius 2 is 2.07 bits per heavy atom. The molecule has 2 aliphatic rings. The number of carbonyl (C=O) groups excluding carboxylic acids is 1. The Labute approximate surface area is 110 Å². The maximum absolute atomic E-state index is 11.5. The molecule has 0 unspecified atom stereocenters. The van der Waals surface area contributed by atoms with E-state index in [1.807, 2.05) is 4.90 Å². The van der Waals surface area contributed by atoms with Crippen LogP contribution in [0.25, 0.3) is 5.32 Å². The Morgan fingerprint density at radius 1 is 1.36 bits per heavy atom. The van der Waals surface area contributed by atoms with Gasteiger partial charge in [-0.15, -0.1) is 13.1 Å². The smallest absolute Gasteiger partial charge is 0.248 e. The Morgan fingerprint density at radius 3 is 2.71 bits per heavy atom. The van der Waals surface area contributed by atoms with Crippen LogP contribution in [0.2, 0.25) is 0 Å². The van der Waals surface area contributed by atoms with Gasteiger partial charge in [0.1, 0.15) is 6.61 Å². The van der Waals surface area contributed by atoms with Gasteiger partial charge in [0, 0.05) is 45.3 Å². The number of morpholine rings is 1. The molecular weight excluding hydrogens is 257 g/mol. The van der Waals surface area contributed by atoms with Gasteiger partial charge < -0.3 is 15.0 Å². The van der Waals surface area contributed by atoms with Crippen LogP contribution in [0.5, 0.6) is 0 Å². The fourth-order valence-corrected chi connectivity index (χ4v) is 1.96. The molecule has 4 nitrogen and oxygen atoms in total. The average molecular weight is 272 g/mol. The third kappa shape index (κ3) is 2.99. The van der Waals surface area contributed by atoms with Crippen molar-refractivity contribution in [2.45, 2.75) is 18.9 Å². The predicted octanol–water partition coefficient (Wildman–Crippen LogP) is 0.379. The van der Waals surface area contributed by atoms with E-state index >= 15 is 0 Å². The average Bonchev–Trinajstić information content (AvgIpc) is 2.20. The summed E-state index contributed by atoms with van der Waals surface area (Å²) in [7, 11) is 0. The molecule has 77 valence electrons. The SMILES string of the molecule is O=C1COCCN1C1CC[N-]CC1.[Y]. The van der Waals surface area contributed by atoms with Crippen LogP contribution in [0.3, 0.4) is 0 Å². The first kappa shape index (κ1) is 12.6.